The Morgan fingerprint density at radius 3 is 2.67 bits per heavy atom. The minimum absolute atomic E-state index is 0.0100. The van der Waals surface area contributed by atoms with Crippen LogP contribution in [0.3, 0.4) is 0 Å². The third kappa shape index (κ3) is 3.40. The summed E-state index contributed by atoms with van der Waals surface area (Å²) in [7, 11) is 0. The van der Waals surface area contributed by atoms with Gasteiger partial charge in [-0.1, -0.05) is 29.3 Å². The molecule has 1 unspecified atom stereocenters. The largest absolute Gasteiger partial charge is 0.271 e. The van der Waals surface area contributed by atoms with E-state index in [0.29, 0.717) is 16.5 Å². The Morgan fingerprint density at radius 2 is 2.13 bits per heavy atom. The molecule has 0 amide bonds. The van der Waals surface area contributed by atoms with Crippen LogP contribution in [0.5, 0.6) is 0 Å². The first-order chi connectivity index (χ1) is 7.19. The summed E-state index contributed by atoms with van der Waals surface area (Å²) < 4.78 is 0. The fraction of sp³-hybridized carbons (Fsp3) is 0.273. The molecule has 0 aliphatic carbocycles. The van der Waals surface area contributed by atoms with E-state index in [0.717, 1.165) is 12.0 Å². The zero-order valence-corrected chi connectivity index (χ0v) is 9.65. The predicted octanol–water partition coefficient (Wildman–Crippen LogP) is 2.91. The van der Waals surface area contributed by atoms with Gasteiger partial charge in [0.2, 0.25) is 0 Å². The SMILES string of the molecule is C#CCCC(NN)c1ccc(Cl)c(Cl)c1. The molecule has 15 heavy (non-hydrogen) atoms. The van der Waals surface area contributed by atoms with E-state index in [2.05, 4.69) is 11.3 Å². The van der Waals surface area contributed by atoms with Gasteiger partial charge in [-0.25, -0.2) is 0 Å². The molecule has 0 radical (unpaired) electrons. The molecular weight excluding hydrogens is 231 g/mol. The molecule has 0 spiro atoms. The van der Waals surface area contributed by atoms with Gasteiger partial charge < -0.3 is 0 Å². The molecule has 1 atom stereocenters. The summed E-state index contributed by atoms with van der Waals surface area (Å²) in [6.45, 7) is 0. The number of halogens is 2. The number of hydrogen-bond acceptors (Lipinski definition) is 2. The number of terminal acetylenes is 1. The minimum Gasteiger partial charge on any atom is -0.271 e. The molecule has 0 heterocycles. The first-order valence-corrected chi connectivity index (χ1v) is 5.29. The maximum Gasteiger partial charge on any atom is 0.0595 e. The molecule has 1 aromatic carbocycles. The van der Waals surface area contributed by atoms with E-state index in [1.807, 2.05) is 6.07 Å². The number of nitrogens with one attached hydrogen (secondary N) is 1. The summed E-state index contributed by atoms with van der Waals surface area (Å²) in [5, 5.41) is 1.06. The third-order valence-corrected chi connectivity index (χ3v) is 2.86. The molecule has 3 N–H and O–H groups in total. The van der Waals surface area contributed by atoms with Gasteiger partial charge in [0.05, 0.1) is 10.0 Å². The highest BCUT2D eigenvalue weighted by Crippen LogP contribution is 2.26. The van der Waals surface area contributed by atoms with Crippen LogP contribution in [0.1, 0.15) is 24.4 Å². The summed E-state index contributed by atoms with van der Waals surface area (Å²) in [4.78, 5) is 0. The second-order valence-electron chi connectivity index (χ2n) is 3.14. The average Bonchev–Trinajstić information content (AvgIpc) is 2.24. The molecule has 1 aromatic rings. The summed E-state index contributed by atoms with van der Waals surface area (Å²) in [5.74, 6) is 8.01. The number of hydrazine groups is 1. The smallest absolute Gasteiger partial charge is 0.0595 e. The Morgan fingerprint density at radius 1 is 1.40 bits per heavy atom. The molecule has 0 aromatic heterocycles. The molecule has 0 aliphatic heterocycles. The topological polar surface area (TPSA) is 38.0 Å². The van der Waals surface area contributed by atoms with Gasteiger partial charge in [0.25, 0.3) is 0 Å². The first kappa shape index (κ1) is 12.4. The van der Waals surface area contributed by atoms with Crippen LogP contribution in [0.25, 0.3) is 0 Å². The van der Waals surface area contributed by atoms with E-state index >= 15 is 0 Å². The van der Waals surface area contributed by atoms with Gasteiger partial charge in [-0.2, -0.15) is 0 Å². The molecule has 0 saturated carbocycles. The highest BCUT2D eigenvalue weighted by atomic mass is 35.5. The Balaban J connectivity index is 2.83. The lowest BCUT2D eigenvalue weighted by Crippen LogP contribution is -2.27. The van der Waals surface area contributed by atoms with E-state index < -0.39 is 0 Å². The number of nitrogens with two attached hydrogens (primary N) is 1. The fourth-order valence-electron chi connectivity index (χ4n) is 1.30. The predicted molar refractivity (Wildman–Crippen MR) is 64.6 cm³/mol. The van der Waals surface area contributed by atoms with Crippen molar-refractivity contribution < 1.29 is 0 Å². The molecule has 1 rings (SSSR count). The van der Waals surface area contributed by atoms with Crippen LogP contribution < -0.4 is 11.3 Å². The Hall–Kier alpha value is -0.720. The molecule has 80 valence electrons. The van der Waals surface area contributed by atoms with Crippen molar-refractivity contribution in [3.63, 3.8) is 0 Å². The average molecular weight is 243 g/mol. The van der Waals surface area contributed by atoms with E-state index in [1.165, 1.54) is 0 Å². The van der Waals surface area contributed by atoms with Crippen molar-refractivity contribution >= 4 is 23.2 Å². The number of hydrogen-bond donors (Lipinski definition) is 2. The van der Waals surface area contributed by atoms with Gasteiger partial charge in [-0.15, -0.1) is 12.3 Å². The van der Waals surface area contributed by atoms with Crippen LogP contribution >= 0.6 is 23.2 Å². The van der Waals surface area contributed by atoms with Crippen molar-refractivity contribution in [1.82, 2.24) is 5.43 Å². The van der Waals surface area contributed by atoms with E-state index in [-0.39, 0.29) is 6.04 Å². The third-order valence-electron chi connectivity index (χ3n) is 2.12. The zero-order valence-electron chi connectivity index (χ0n) is 8.13. The first-order valence-electron chi connectivity index (χ1n) is 4.53. The quantitative estimate of drug-likeness (QED) is 0.484. The van der Waals surface area contributed by atoms with E-state index in [9.17, 15) is 0 Å². The van der Waals surface area contributed by atoms with E-state index in [1.54, 1.807) is 12.1 Å². The van der Waals surface area contributed by atoms with Crippen LogP contribution in [-0.2, 0) is 0 Å². The van der Waals surface area contributed by atoms with Crippen molar-refractivity contribution in [2.45, 2.75) is 18.9 Å². The van der Waals surface area contributed by atoms with Crippen molar-refractivity contribution in [3.05, 3.63) is 33.8 Å². The Labute approximate surface area is 99.7 Å². The summed E-state index contributed by atoms with van der Waals surface area (Å²) in [5.41, 5.74) is 3.69. The second-order valence-corrected chi connectivity index (χ2v) is 3.95. The number of rotatable bonds is 4. The van der Waals surface area contributed by atoms with Crippen molar-refractivity contribution in [3.8, 4) is 12.3 Å². The lowest BCUT2D eigenvalue weighted by Gasteiger charge is -2.15. The summed E-state index contributed by atoms with van der Waals surface area (Å²) in [6, 6.07) is 5.44. The van der Waals surface area contributed by atoms with Crippen molar-refractivity contribution in [2.24, 2.45) is 5.84 Å². The molecule has 0 aliphatic rings. The van der Waals surface area contributed by atoms with Gasteiger partial charge in [-0.05, 0) is 24.1 Å². The Bertz CT molecular complexity index is 371. The van der Waals surface area contributed by atoms with Crippen molar-refractivity contribution in [2.75, 3.05) is 0 Å². The van der Waals surface area contributed by atoms with Crippen LogP contribution in [0.15, 0.2) is 18.2 Å². The molecule has 4 heteroatoms. The molecule has 0 bridgehead atoms. The maximum absolute atomic E-state index is 5.91. The Kier molecular flexibility index (Phi) is 4.93. The van der Waals surface area contributed by atoms with Crippen LogP contribution in [-0.4, -0.2) is 0 Å². The normalized spacial score (nSPS) is 12.1. The molecular formula is C11H12Cl2N2. The van der Waals surface area contributed by atoms with Crippen molar-refractivity contribution in [1.29, 1.82) is 0 Å². The molecule has 2 nitrogen and oxygen atoms in total. The second kappa shape index (κ2) is 5.99. The van der Waals surface area contributed by atoms with Crippen LogP contribution in [0, 0.1) is 12.3 Å². The summed E-state index contributed by atoms with van der Waals surface area (Å²) in [6.07, 6.45) is 6.63. The monoisotopic (exact) mass is 242 g/mol. The maximum atomic E-state index is 5.91. The lowest BCUT2D eigenvalue weighted by atomic mass is 10.0. The molecule has 0 saturated heterocycles. The van der Waals surface area contributed by atoms with Gasteiger partial charge in [0, 0.05) is 12.5 Å². The van der Waals surface area contributed by atoms with Crippen LogP contribution in [0.4, 0.5) is 0 Å². The van der Waals surface area contributed by atoms with E-state index in [4.69, 9.17) is 35.5 Å². The molecule has 0 fully saturated rings. The lowest BCUT2D eigenvalue weighted by molar-refractivity contribution is 0.524. The zero-order chi connectivity index (χ0) is 11.3. The fourth-order valence-corrected chi connectivity index (χ4v) is 1.61. The number of benzene rings is 1. The minimum atomic E-state index is 0.0100. The van der Waals surface area contributed by atoms with Gasteiger partial charge >= 0.3 is 0 Å². The highest BCUT2D eigenvalue weighted by molar-refractivity contribution is 6.42. The van der Waals surface area contributed by atoms with Crippen LogP contribution in [0.2, 0.25) is 10.0 Å². The summed E-state index contributed by atoms with van der Waals surface area (Å²) >= 11 is 11.7. The highest BCUT2D eigenvalue weighted by Gasteiger charge is 2.10. The van der Waals surface area contributed by atoms with Gasteiger partial charge in [-0.3, -0.25) is 11.3 Å². The van der Waals surface area contributed by atoms with Gasteiger partial charge in [0.1, 0.15) is 0 Å². The van der Waals surface area contributed by atoms with Gasteiger partial charge in [0.15, 0.2) is 0 Å². The standard InChI is InChI=1S/C11H12Cl2N2/c1-2-3-4-11(15-14)8-5-6-9(12)10(13)7-8/h1,5-7,11,15H,3-4,14H2.